The number of hydrazine groups is 1. The molecule has 242 valence electrons. The number of rotatable bonds is 12. The number of amides is 1. The van der Waals surface area contributed by atoms with Crippen molar-refractivity contribution in [1.29, 1.82) is 0 Å². The number of aliphatic imine (C=N–C) groups is 1. The molecular formula is C34H52FN7O2. The second-order valence-corrected chi connectivity index (χ2v) is 12.8. The number of carbonyl (C=O) groups excluding carboxylic acids is 2. The summed E-state index contributed by atoms with van der Waals surface area (Å²) in [6, 6.07) is 13.8. The standard InChI is InChI=1S/C31H41FN2O2.C3H11N5/c1-7-28(24-12-14-27(32)15-13-24)33-31(18-16-26(17-19-31)30(4,5)6)34(21-36)29(22(2)3)25-10-8-23(20-35)9-11-25;1-6-2-3(4)7-8-5/h8-15,20-22,26,29H,7,16-19H2,1-6H3;6,8H,2,5H2,1H3,(H2,4,7)/b33-28+;. The fraction of sp³-hybridized carbons (Fsp3) is 0.529. The molecule has 9 nitrogen and oxygen atoms in total. The summed E-state index contributed by atoms with van der Waals surface area (Å²) in [6.45, 7) is 13.7. The molecule has 0 heterocycles. The van der Waals surface area contributed by atoms with E-state index < -0.39 is 5.66 Å². The fourth-order valence-electron chi connectivity index (χ4n) is 5.98. The Morgan fingerprint density at radius 3 is 2.11 bits per heavy atom. The number of likely N-dealkylation sites (N-methyl/N-ethyl adjacent to an activating group) is 1. The average molecular weight is 610 g/mol. The number of nitrogens with one attached hydrogen (secondary N) is 2. The Morgan fingerprint density at radius 2 is 1.68 bits per heavy atom. The highest BCUT2D eigenvalue weighted by Crippen LogP contribution is 2.47. The number of hydrogen-bond donors (Lipinski definition) is 4. The highest BCUT2D eigenvalue weighted by molar-refractivity contribution is 6.00. The maximum absolute atomic E-state index is 13.6. The number of halogens is 1. The molecule has 10 heteroatoms. The van der Waals surface area contributed by atoms with E-state index in [1.54, 1.807) is 19.2 Å². The van der Waals surface area contributed by atoms with Crippen LogP contribution in [-0.4, -0.2) is 48.4 Å². The average Bonchev–Trinajstić information content (AvgIpc) is 2.99. The van der Waals surface area contributed by atoms with Gasteiger partial charge in [0.15, 0.2) is 0 Å². The molecule has 1 aliphatic carbocycles. The van der Waals surface area contributed by atoms with Crippen LogP contribution in [0, 0.1) is 23.1 Å². The van der Waals surface area contributed by atoms with Crippen molar-refractivity contribution < 1.29 is 14.0 Å². The first-order valence-corrected chi connectivity index (χ1v) is 15.4. The molecule has 1 aliphatic rings. The number of hydrazone groups is 1. The van der Waals surface area contributed by atoms with Gasteiger partial charge in [0.2, 0.25) is 6.41 Å². The summed E-state index contributed by atoms with van der Waals surface area (Å²) in [5, 5.41) is 6.27. The Hall–Kier alpha value is -3.63. The predicted octanol–water partition coefficient (Wildman–Crippen LogP) is 5.57. The molecule has 0 radical (unpaired) electrons. The van der Waals surface area contributed by atoms with Crippen LogP contribution in [0.25, 0.3) is 0 Å². The Balaban J connectivity index is 0.000000742. The molecule has 1 atom stereocenters. The number of hydrogen-bond acceptors (Lipinski definition) is 7. The molecule has 6 N–H and O–H groups in total. The monoisotopic (exact) mass is 609 g/mol. The Bertz CT molecular complexity index is 1230. The number of benzene rings is 2. The van der Waals surface area contributed by atoms with Crippen LogP contribution in [0.5, 0.6) is 0 Å². The summed E-state index contributed by atoms with van der Waals surface area (Å²) in [7, 11) is 1.78. The zero-order valence-electron chi connectivity index (χ0n) is 27.4. The van der Waals surface area contributed by atoms with Crippen molar-refractivity contribution in [2.24, 2.45) is 38.9 Å². The normalized spacial score (nSPS) is 19.9. The Kier molecular flexibility index (Phi) is 14.1. The van der Waals surface area contributed by atoms with Gasteiger partial charge in [-0.1, -0.05) is 77.9 Å². The molecule has 0 spiro atoms. The number of amidine groups is 1. The highest BCUT2D eigenvalue weighted by Gasteiger charge is 2.46. The molecule has 2 aromatic carbocycles. The van der Waals surface area contributed by atoms with Crippen LogP contribution < -0.4 is 22.4 Å². The van der Waals surface area contributed by atoms with Gasteiger partial charge in [-0.15, -0.1) is 0 Å². The molecule has 1 amide bonds. The first-order valence-electron chi connectivity index (χ1n) is 15.4. The van der Waals surface area contributed by atoms with Crippen molar-refractivity contribution in [3.8, 4) is 0 Å². The van der Waals surface area contributed by atoms with Gasteiger partial charge in [0, 0.05) is 11.3 Å². The largest absolute Gasteiger partial charge is 0.385 e. The van der Waals surface area contributed by atoms with Gasteiger partial charge < -0.3 is 16.0 Å². The van der Waals surface area contributed by atoms with Crippen LogP contribution in [-0.2, 0) is 4.79 Å². The van der Waals surface area contributed by atoms with Crippen molar-refractivity contribution in [3.05, 3.63) is 71.0 Å². The van der Waals surface area contributed by atoms with Crippen LogP contribution in [0.1, 0.15) is 101 Å². The molecule has 44 heavy (non-hydrogen) atoms. The van der Waals surface area contributed by atoms with E-state index in [2.05, 4.69) is 57.5 Å². The predicted molar refractivity (Wildman–Crippen MR) is 178 cm³/mol. The van der Waals surface area contributed by atoms with Crippen molar-refractivity contribution in [2.45, 2.75) is 85.4 Å². The maximum atomic E-state index is 13.6. The molecule has 1 unspecified atom stereocenters. The summed E-state index contributed by atoms with van der Waals surface area (Å²) < 4.78 is 13.6. The van der Waals surface area contributed by atoms with Crippen LogP contribution in [0.4, 0.5) is 4.39 Å². The number of nitrogens with zero attached hydrogens (tertiary/aromatic N) is 3. The molecule has 0 saturated heterocycles. The van der Waals surface area contributed by atoms with Crippen molar-refractivity contribution >= 4 is 24.2 Å². The van der Waals surface area contributed by atoms with Crippen LogP contribution in [0.3, 0.4) is 0 Å². The van der Waals surface area contributed by atoms with E-state index in [4.69, 9.17) is 16.6 Å². The summed E-state index contributed by atoms with van der Waals surface area (Å²) >= 11 is 0. The second-order valence-electron chi connectivity index (χ2n) is 12.8. The van der Waals surface area contributed by atoms with E-state index in [1.165, 1.54) is 12.1 Å². The molecule has 3 rings (SSSR count). The first kappa shape index (κ1) is 36.6. The minimum atomic E-state index is -0.693. The molecule has 0 aromatic heterocycles. The summed E-state index contributed by atoms with van der Waals surface area (Å²) in [5.74, 6) is 5.67. The molecule has 2 aromatic rings. The maximum Gasteiger partial charge on any atom is 0.212 e. The van der Waals surface area contributed by atoms with Crippen molar-refractivity contribution in [2.75, 3.05) is 13.6 Å². The topological polar surface area (TPSA) is 138 Å². The minimum Gasteiger partial charge on any atom is -0.385 e. The number of aldehydes is 1. The van der Waals surface area contributed by atoms with E-state index in [0.717, 1.165) is 55.2 Å². The van der Waals surface area contributed by atoms with Gasteiger partial charge in [-0.25, -0.2) is 15.8 Å². The lowest BCUT2D eigenvalue weighted by Gasteiger charge is -2.50. The van der Waals surface area contributed by atoms with Gasteiger partial charge in [0.05, 0.1) is 12.6 Å². The fourth-order valence-corrected chi connectivity index (χ4v) is 5.98. The second kappa shape index (κ2) is 17.0. The van der Waals surface area contributed by atoms with Gasteiger partial charge >= 0.3 is 0 Å². The highest BCUT2D eigenvalue weighted by atomic mass is 19.1. The van der Waals surface area contributed by atoms with Gasteiger partial charge in [0.1, 0.15) is 23.6 Å². The summed E-state index contributed by atoms with van der Waals surface area (Å²) in [5.41, 5.74) is 10.2. The Labute approximate surface area is 262 Å². The van der Waals surface area contributed by atoms with E-state index in [9.17, 15) is 14.0 Å². The smallest absolute Gasteiger partial charge is 0.212 e. The molecule has 1 saturated carbocycles. The van der Waals surface area contributed by atoms with Crippen molar-refractivity contribution in [1.82, 2.24) is 15.8 Å². The summed E-state index contributed by atoms with van der Waals surface area (Å²) in [4.78, 5) is 31.5. The van der Waals surface area contributed by atoms with Gasteiger partial charge in [-0.2, -0.15) is 5.10 Å². The summed E-state index contributed by atoms with van der Waals surface area (Å²) in [6.07, 6.45) is 5.99. The zero-order valence-corrected chi connectivity index (χ0v) is 27.4. The number of nitrogens with two attached hydrogens (primary N) is 2. The van der Waals surface area contributed by atoms with E-state index >= 15 is 0 Å². The lowest BCUT2D eigenvalue weighted by Crippen LogP contribution is -2.53. The van der Waals surface area contributed by atoms with E-state index in [0.29, 0.717) is 30.3 Å². The van der Waals surface area contributed by atoms with Crippen LogP contribution >= 0.6 is 0 Å². The Morgan fingerprint density at radius 1 is 1.09 bits per heavy atom. The third-order valence-corrected chi connectivity index (χ3v) is 8.37. The molecule has 0 bridgehead atoms. The molecule has 1 fully saturated rings. The van der Waals surface area contributed by atoms with E-state index in [-0.39, 0.29) is 23.2 Å². The third-order valence-electron chi connectivity index (χ3n) is 8.37. The van der Waals surface area contributed by atoms with Crippen molar-refractivity contribution in [3.63, 3.8) is 0 Å². The van der Waals surface area contributed by atoms with Crippen LogP contribution in [0.15, 0.2) is 58.6 Å². The zero-order chi connectivity index (χ0) is 32.9. The van der Waals surface area contributed by atoms with Gasteiger partial charge in [-0.3, -0.25) is 14.6 Å². The molecular weight excluding hydrogens is 557 g/mol. The first-order chi connectivity index (χ1) is 20.8. The lowest BCUT2D eigenvalue weighted by atomic mass is 9.69. The quantitative estimate of drug-likeness (QED) is 0.0817. The third kappa shape index (κ3) is 9.95. The minimum absolute atomic E-state index is 0.139. The van der Waals surface area contributed by atoms with E-state index in [1.807, 2.05) is 29.2 Å². The SMILES string of the molecule is CC/C(=N\C1(N(C=O)C(c2ccc(C=O)cc2)C(C)C)CCC(C(C)(C)C)CC1)c1ccc(F)cc1.CNC/C(N)=N/NN. The van der Waals surface area contributed by atoms with Crippen LogP contribution in [0.2, 0.25) is 0 Å². The molecule has 0 aliphatic heterocycles. The lowest BCUT2D eigenvalue weighted by molar-refractivity contribution is -0.131. The number of carbonyl (C=O) groups is 2. The van der Waals surface area contributed by atoms with Gasteiger partial charge in [0.25, 0.3) is 0 Å². The van der Waals surface area contributed by atoms with Gasteiger partial charge in [-0.05, 0) is 79.7 Å².